The van der Waals surface area contributed by atoms with Gasteiger partial charge in [0, 0.05) is 6.42 Å². The smallest absolute Gasteiger partial charge is 0.303 e. The molecule has 0 aromatic rings. The van der Waals surface area contributed by atoms with Crippen LogP contribution >= 0.6 is 0 Å². The molecular weight excluding hydrogens is 352 g/mol. The van der Waals surface area contributed by atoms with Crippen molar-refractivity contribution in [3.63, 3.8) is 0 Å². The highest BCUT2D eigenvalue weighted by Gasteiger charge is 2.62. The number of hydrogen-bond donors (Lipinski definition) is 3. The van der Waals surface area contributed by atoms with Crippen LogP contribution in [0.2, 0.25) is 0 Å². The molecule has 0 saturated heterocycles. The summed E-state index contributed by atoms with van der Waals surface area (Å²) in [5.74, 6) is 2.36. The minimum absolute atomic E-state index is 0.179. The molecule has 0 aliphatic heterocycles. The Morgan fingerprint density at radius 3 is 2.39 bits per heavy atom. The van der Waals surface area contributed by atoms with E-state index in [0.29, 0.717) is 35.5 Å². The molecule has 4 rings (SSSR count). The number of carbonyl (C=O) groups is 1. The second-order valence-corrected chi connectivity index (χ2v) is 11.4. The van der Waals surface area contributed by atoms with Gasteiger partial charge in [0.05, 0.1) is 12.2 Å². The molecule has 28 heavy (non-hydrogen) atoms. The second-order valence-electron chi connectivity index (χ2n) is 11.4. The Kier molecular flexibility index (Phi) is 5.36. The van der Waals surface area contributed by atoms with Gasteiger partial charge in [-0.25, -0.2) is 0 Å². The molecule has 0 bridgehead atoms. The topological polar surface area (TPSA) is 77.8 Å². The lowest BCUT2D eigenvalue weighted by molar-refractivity contribution is -0.174. The Labute approximate surface area is 170 Å². The van der Waals surface area contributed by atoms with Crippen LogP contribution in [-0.2, 0) is 4.79 Å². The minimum Gasteiger partial charge on any atom is -0.481 e. The summed E-state index contributed by atoms with van der Waals surface area (Å²) in [4.78, 5) is 11.1. The molecule has 0 aromatic carbocycles. The van der Waals surface area contributed by atoms with E-state index in [9.17, 15) is 15.0 Å². The molecule has 4 heteroatoms. The van der Waals surface area contributed by atoms with Gasteiger partial charge < -0.3 is 15.3 Å². The maximum Gasteiger partial charge on any atom is 0.303 e. The van der Waals surface area contributed by atoms with Crippen LogP contribution in [0.4, 0.5) is 0 Å². The van der Waals surface area contributed by atoms with Gasteiger partial charge in [0.25, 0.3) is 0 Å². The number of carboxylic acids is 1. The van der Waals surface area contributed by atoms with Gasteiger partial charge in [0.15, 0.2) is 0 Å². The SMILES string of the molecule is C[C@H](CCC(=O)O)[C@H]1CC[C@@H]2C3C(O)CC4C[C@@H](O)CC[C@]4(C)[C@@H]3CC[C@@]21C. The molecule has 4 saturated carbocycles. The van der Waals surface area contributed by atoms with Gasteiger partial charge in [-0.05, 0) is 104 Å². The van der Waals surface area contributed by atoms with E-state index in [1.54, 1.807) is 0 Å². The van der Waals surface area contributed by atoms with Crippen LogP contribution < -0.4 is 0 Å². The first kappa shape index (κ1) is 20.7. The molecule has 160 valence electrons. The van der Waals surface area contributed by atoms with E-state index in [0.717, 1.165) is 32.1 Å². The summed E-state index contributed by atoms with van der Waals surface area (Å²) in [7, 11) is 0. The third-order valence-electron chi connectivity index (χ3n) is 10.2. The van der Waals surface area contributed by atoms with Crippen LogP contribution in [0.3, 0.4) is 0 Å². The van der Waals surface area contributed by atoms with Crippen molar-refractivity contribution in [1.82, 2.24) is 0 Å². The molecule has 0 spiro atoms. The van der Waals surface area contributed by atoms with Gasteiger partial charge in [0.2, 0.25) is 0 Å². The zero-order valence-electron chi connectivity index (χ0n) is 17.9. The van der Waals surface area contributed by atoms with E-state index in [2.05, 4.69) is 20.8 Å². The first-order valence-corrected chi connectivity index (χ1v) is 11.7. The van der Waals surface area contributed by atoms with E-state index >= 15 is 0 Å². The van der Waals surface area contributed by atoms with E-state index < -0.39 is 5.97 Å². The first-order chi connectivity index (χ1) is 13.2. The van der Waals surface area contributed by atoms with E-state index in [1.165, 1.54) is 25.7 Å². The highest BCUT2D eigenvalue weighted by molar-refractivity contribution is 5.66. The first-order valence-electron chi connectivity index (χ1n) is 11.7. The van der Waals surface area contributed by atoms with Crippen molar-refractivity contribution in [3.05, 3.63) is 0 Å². The molecule has 3 N–H and O–H groups in total. The third-order valence-corrected chi connectivity index (χ3v) is 10.2. The Morgan fingerprint density at radius 1 is 1.00 bits per heavy atom. The molecule has 0 aromatic heterocycles. The number of hydrogen-bond acceptors (Lipinski definition) is 3. The van der Waals surface area contributed by atoms with Crippen LogP contribution in [0, 0.1) is 46.3 Å². The summed E-state index contributed by atoms with van der Waals surface area (Å²) in [6.45, 7) is 7.16. The average molecular weight is 393 g/mol. The quantitative estimate of drug-likeness (QED) is 0.659. The molecule has 4 aliphatic rings. The molecule has 4 nitrogen and oxygen atoms in total. The van der Waals surface area contributed by atoms with Crippen molar-refractivity contribution in [2.45, 2.75) is 97.2 Å². The second kappa shape index (κ2) is 7.27. The maximum absolute atomic E-state index is 11.2. The van der Waals surface area contributed by atoms with Crippen LogP contribution in [-0.4, -0.2) is 33.5 Å². The van der Waals surface area contributed by atoms with Crippen molar-refractivity contribution >= 4 is 5.97 Å². The van der Waals surface area contributed by atoms with Crippen molar-refractivity contribution in [2.24, 2.45) is 46.3 Å². The molecule has 0 heterocycles. The maximum atomic E-state index is 11.2. The lowest BCUT2D eigenvalue weighted by Crippen LogP contribution is -2.58. The fraction of sp³-hybridized carbons (Fsp3) is 0.958. The normalized spacial score (nSPS) is 51.7. The monoisotopic (exact) mass is 392 g/mol. The third kappa shape index (κ3) is 3.14. The van der Waals surface area contributed by atoms with Crippen molar-refractivity contribution in [2.75, 3.05) is 0 Å². The van der Waals surface area contributed by atoms with Gasteiger partial charge in [0.1, 0.15) is 0 Å². The van der Waals surface area contributed by atoms with Crippen molar-refractivity contribution in [1.29, 1.82) is 0 Å². The van der Waals surface area contributed by atoms with Crippen LogP contribution in [0.15, 0.2) is 0 Å². The van der Waals surface area contributed by atoms with Gasteiger partial charge in [-0.2, -0.15) is 0 Å². The Bertz CT molecular complexity index is 605. The van der Waals surface area contributed by atoms with Gasteiger partial charge in [-0.15, -0.1) is 0 Å². The zero-order chi connectivity index (χ0) is 20.3. The van der Waals surface area contributed by atoms with Crippen LogP contribution in [0.1, 0.15) is 85.0 Å². The summed E-state index contributed by atoms with van der Waals surface area (Å²) in [5, 5.41) is 30.5. The van der Waals surface area contributed by atoms with E-state index in [-0.39, 0.29) is 29.5 Å². The number of rotatable bonds is 4. The highest BCUT2D eigenvalue weighted by atomic mass is 16.4. The van der Waals surface area contributed by atoms with Gasteiger partial charge >= 0.3 is 5.97 Å². The summed E-state index contributed by atoms with van der Waals surface area (Å²) in [5.41, 5.74) is 0.523. The Hall–Kier alpha value is -0.610. The molecule has 4 fully saturated rings. The highest BCUT2D eigenvalue weighted by Crippen LogP contribution is 2.68. The van der Waals surface area contributed by atoms with Crippen LogP contribution in [0.25, 0.3) is 0 Å². The fourth-order valence-electron chi connectivity index (χ4n) is 8.73. The van der Waals surface area contributed by atoms with E-state index in [4.69, 9.17) is 5.11 Å². The predicted molar refractivity (Wildman–Crippen MR) is 109 cm³/mol. The Balaban J connectivity index is 1.55. The van der Waals surface area contributed by atoms with Crippen molar-refractivity contribution in [3.8, 4) is 0 Å². The van der Waals surface area contributed by atoms with Crippen LogP contribution in [0.5, 0.6) is 0 Å². The number of aliphatic hydroxyl groups excluding tert-OH is 2. The lowest BCUT2D eigenvalue weighted by atomic mass is 9.43. The molecule has 0 amide bonds. The van der Waals surface area contributed by atoms with Gasteiger partial charge in [-0.1, -0.05) is 20.8 Å². The number of fused-ring (bicyclic) bond motifs is 5. The summed E-state index contributed by atoms with van der Waals surface area (Å²) in [6, 6.07) is 0. The van der Waals surface area contributed by atoms with E-state index in [1.807, 2.05) is 0 Å². The minimum atomic E-state index is -0.684. The molecule has 3 unspecified atom stereocenters. The number of aliphatic carboxylic acids is 1. The lowest BCUT2D eigenvalue weighted by Gasteiger charge is -2.62. The Morgan fingerprint density at radius 2 is 1.68 bits per heavy atom. The van der Waals surface area contributed by atoms with Crippen molar-refractivity contribution < 1.29 is 20.1 Å². The molecule has 0 radical (unpaired) electrons. The number of aliphatic hydroxyl groups is 2. The molecular formula is C24H40O4. The summed E-state index contributed by atoms with van der Waals surface area (Å²) in [6.07, 6.45) is 9.19. The summed E-state index contributed by atoms with van der Waals surface area (Å²) >= 11 is 0. The summed E-state index contributed by atoms with van der Waals surface area (Å²) < 4.78 is 0. The number of carboxylic acid groups (broad SMARTS) is 1. The zero-order valence-corrected chi connectivity index (χ0v) is 17.9. The predicted octanol–water partition coefficient (Wildman–Crippen LogP) is 4.48. The molecule has 4 aliphatic carbocycles. The fourth-order valence-corrected chi connectivity index (χ4v) is 8.73. The largest absolute Gasteiger partial charge is 0.481 e. The molecule has 10 atom stereocenters. The average Bonchev–Trinajstić information content (AvgIpc) is 2.98. The van der Waals surface area contributed by atoms with Gasteiger partial charge in [-0.3, -0.25) is 4.79 Å². The standard InChI is InChI=1S/C24H40O4/c1-14(4-7-21(27)28)17-5-6-18-22-19(9-11-24(17,18)3)23(2)10-8-16(25)12-15(23)13-20(22)26/h14-20,22,25-26H,4-13H2,1-3H3,(H,27,28)/t14-,15?,16+,17-,18-,19-,20?,22?,23+,24-/m1/s1.